The molecule has 2 N–H and O–H groups in total. The Morgan fingerprint density at radius 2 is 1.92 bits per heavy atom. The maximum Gasteiger partial charge on any atom is 0.315 e. The molecule has 0 unspecified atom stereocenters. The van der Waals surface area contributed by atoms with Crippen LogP contribution in [0.2, 0.25) is 0 Å². The maximum atomic E-state index is 12.4. The number of carbonyl (C=O) groups excluding carboxylic acids is 1. The molecule has 6 heteroatoms. The molecule has 2 heterocycles. The van der Waals surface area contributed by atoms with Gasteiger partial charge in [-0.15, -0.1) is 0 Å². The molecule has 1 aliphatic heterocycles. The van der Waals surface area contributed by atoms with E-state index >= 15 is 0 Å². The predicted octanol–water partition coefficient (Wildman–Crippen LogP) is 2.43. The van der Waals surface area contributed by atoms with E-state index in [0.29, 0.717) is 0 Å². The summed E-state index contributed by atoms with van der Waals surface area (Å²) in [6, 6.07) is 10.3. The smallest absolute Gasteiger partial charge is 0.315 e. The topological polar surface area (TPSA) is 70.2 Å². The summed E-state index contributed by atoms with van der Waals surface area (Å²) < 4.78 is 0. The zero-order valence-corrected chi connectivity index (χ0v) is 14.2. The number of aromatic nitrogens is 2. The van der Waals surface area contributed by atoms with Crippen LogP contribution < -0.4 is 15.5 Å². The monoisotopic (exact) mass is 337 g/mol. The van der Waals surface area contributed by atoms with Crippen molar-refractivity contribution in [3.63, 3.8) is 0 Å². The minimum atomic E-state index is -0.0810. The summed E-state index contributed by atoms with van der Waals surface area (Å²) in [5.74, 6) is 0.735. The number of nitrogens with one attached hydrogen (secondary N) is 2. The van der Waals surface area contributed by atoms with E-state index in [1.165, 1.54) is 11.1 Å². The van der Waals surface area contributed by atoms with E-state index < -0.39 is 0 Å². The minimum absolute atomic E-state index is 0.0810. The average molecular weight is 337 g/mol. The second-order valence-corrected chi connectivity index (χ2v) is 6.74. The summed E-state index contributed by atoms with van der Waals surface area (Å²) in [7, 11) is 0. The Hall–Kier alpha value is -2.63. The molecule has 1 fully saturated rings. The number of hydrogen-bond acceptors (Lipinski definition) is 4. The lowest BCUT2D eigenvalue weighted by atomic mass is 10.1. The fraction of sp³-hybridized carbons (Fsp3) is 0.421. The van der Waals surface area contributed by atoms with Gasteiger partial charge in [-0.2, -0.15) is 0 Å². The van der Waals surface area contributed by atoms with Crippen LogP contribution in [0, 0.1) is 0 Å². The van der Waals surface area contributed by atoms with E-state index in [1.807, 2.05) is 12.1 Å². The Labute approximate surface area is 147 Å². The Kier molecular flexibility index (Phi) is 4.50. The molecule has 0 radical (unpaired) electrons. The lowest BCUT2D eigenvalue weighted by molar-refractivity contribution is 0.231. The summed E-state index contributed by atoms with van der Waals surface area (Å²) >= 11 is 0. The van der Waals surface area contributed by atoms with E-state index in [0.717, 1.165) is 44.7 Å². The average Bonchev–Trinajstić information content (AvgIpc) is 3.06. The van der Waals surface area contributed by atoms with Crippen LogP contribution in [0.1, 0.15) is 36.4 Å². The number of hydrogen-bond donors (Lipinski definition) is 2. The van der Waals surface area contributed by atoms with Crippen molar-refractivity contribution in [3.05, 3.63) is 53.9 Å². The molecule has 130 valence electrons. The Balaban J connectivity index is 1.34. The number of anilines is 1. The molecule has 1 aromatic carbocycles. The molecule has 1 aliphatic carbocycles. The van der Waals surface area contributed by atoms with Crippen molar-refractivity contribution in [2.24, 2.45) is 0 Å². The van der Waals surface area contributed by atoms with Crippen molar-refractivity contribution in [2.75, 3.05) is 18.0 Å². The van der Waals surface area contributed by atoms with Crippen LogP contribution in [0.25, 0.3) is 0 Å². The summed E-state index contributed by atoms with van der Waals surface area (Å²) in [4.78, 5) is 23.2. The highest BCUT2D eigenvalue weighted by Crippen LogP contribution is 2.30. The van der Waals surface area contributed by atoms with Crippen molar-refractivity contribution in [1.29, 1.82) is 0 Å². The van der Waals surface area contributed by atoms with E-state index in [4.69, 9.17) is 0 Å². The molecule has 25 heavy (non-hydrogen) atoms. The normalized spacial score (nSPS) is 22.3. The lowest BCUT2D eigenvalue weighted by Gasteiger charge is -2.33. The zero-order valence-electron chi connectivity index (χ0n) is 14.2. The molecular weight excluding hydrogens is 314 g/mol. The van der Waals surface area contributed by atoms with Crippen LogP contribution in [0.3, 0.4) is 0 Å². The Bertz CT molecular complexity index is 736. The molecule has 2 aliphatic rings. The quantitative estimate of drug-likeness (QED) is 0.902. The summed E-state index contributed by atoms with van der Waals surface area (Å²) in [5.41, 5.74) is 2.60. The van der Waals surface area contributed by atoms with Gasteiger partial charge in [0.15, 0.2) is 0 Å². The maximum absolute atomic E-state index is 12.4. The molecule has 2 atom stereocenters. The zero-order chi connectivity index (χ0) is 17.1. The number of amides is 2. The van der Waals surface area contributed by atoms with Crippen molar-refractivity contribution < 1.29 is 4.79 Å². The van der Waals surface area contributed by atoms with Crippen molar-refractivity contribution in [2.45, 2.75) is 37.8 Å². The first kappa shape index (κ1) is 15.9. The van der Waals surface area contributed by atoms with Gasteiger partial charge in [0, 0.05) is 31.5 Å². The molecule has 0 spiro atoms. The van der Waals surface area contributed by atoms with E-state index in [2.05, 4.69) is 43.7 Å². The SMILES string of the molecule is O=C(N[C@@H]1CCCN(c2ncccn2)C1)N[C@H]1CCc2ccccc21. The van der Waals surface area contributed by atoms with Gasteiger partial charge in [-0.05, 0) is 42.9 Å². The van der Waals surface area contributed by atoms with Gasteiger partial charge in [-0.3, -0.25) is 0 Å². The first-order valence-electron chi connectivity index (χ1n) is 8.96. The number of rotatable bonds is 3. The van der Waals surface area contributed by atoms with E-state index in [1.54, 1.807) is 12.4 Å². The molecule has 1 aromatic heterocycles. The first-order valence-corrected chi connectivity index (χ1v) is 8.96. The molecule has 2 aromatic rings. The van der Waals surface area contributed by atoms with Crippen LogP contribution in [-0.2, 0) is 6.42 Å². The van der Waals surface area contributed by atoms with Gasteiger partial charge in [0.2, 0.25) is 5.95 Å². The second-order valence-electron chi connectivity index (χ2n) is 6.74. The van der Waals surface area contributed by atoms with Gasteiger partial charge < -0.3 is 15.5 Å². The number of fused-ring (bicyclic) bond motifs is 1. The number of nitrogens with zero attached hydrogens (tertiary/aromatic N) is 3. The van der Waals surface area contributed by atoms with Gasteiger partial charge in [-0.1, -0.05) is 24.3 Å². The van der Waals surface area contributed by atoms with Gasteiger partial charge in [0.05, 0.1) is 6.04 Å². The summed E-state index contributed by atoms with van der Waals surface area (Å²) in [5, 5.41) is 6.27. The number of piperidine rings is 1. The lowest BCUT2D eigenvalue weighted by Crippen LogP contribution is -2.51. The Morgan fingerprint density at radius 3 is 2.80 bits per heavy atom. The number of urea groups is 1. The van der Waals surface area contributed by atoms with E-state index in [-0.39, 0.29) is 18.1 Å². The van der Waals surface area contributed by atoms with Crippen LogP contribution in [-0.4, -0.2) is 35.1 Å². The first-order chi connectivity index (χ1) is 12.3. The fourth-order valence-electron chi connectivity index (χ4n) is 3.82. The van der Waals surface area contributed by atoms with Crippen LogP contribution in [0.5, 0.6) is 0 Å². The fourth-order valence-corrected chi connectivity index (χ4v) is 3.82. The molecule has 1 saturated heterocycles. The number of benzene rings is 1. The highest BCUT2D eigenvalue weighted by atomic mass is 16.2. The molecule has 2 amide bonds. The molecule has 6 nitrogen and oxygen atoms in total. The van der Waals surface area contributed by atoms with Gasteiger partial charge in [0.25, 0.3) is 0 Å². The van der Waals surface area contributed by atoms with Gasteiger partial charge in [0.1, 0.15) is 0 Å². The minimum Gasteiger partial charge on any atom is -0.339 e. The Morgan fingerprint density at radius 1 is 1.08 bits per heavy atom. The van der Waals surface area contributed by atoms with Gasteiger partial charge in [-0.25, -0.2) is 14.8 Å². The van der Waals surface area contributed by atoms with Crippen molar-refractivity contribution >= 4 is 12.0 Å². The second kappa shape index (κ2) is 7.09. The third kappa shape index (κ3) is 3.57. The number of aryl methyl sites for hydroxylation is 1. The van der Waals surface area contributed by atoms with Crippen molar-refractivity contribution in [3.8, 4) is 0 Å². The summed E-state index contributed by atoms with van der Waals surface area (Å²) in [6.45, 7) is 1.68. The highest BCUT2D eigenvalue weighted by Gasteiger charge is 2.26. The molecule has 0 bridgehead atoms. The van der Waals surface area contributed by atoms with Gasteiger partial charge >= 0.3 is 6.03 Å². The third-order valence-corrected chi connectivity index (χ3v) is 5.03. The molecule has 0 saturated carbocycles. The summed E-state index contributed by atoms with van der Waals surface area (Å²) in [6.07, 6.45) is 7.52. The largest absolute Gasteiger partial charge is 0.339 e. The van der Waals surface area contributed by atoms with Crippen LogP contribution in [0.4, 0.5) is 10.7 Å². The van der Waals surface area contributed by atoms with Crippen LogP contribution in [0.15, 0.2) is 42.7 Å². The third-order valence-electron chi connectivity index (χ3n) is 5.03. The standard InChI is InChI=1S/C19H23N5O/c25-19(23-17-9-8-14-5-1-2-7-16(14)17)22-15-6-3-12-24(13-15)18-20-10-4-11-21-18/h1-2,4-5,7,10-11,15,17H,3,6,8-9,12-13H2,(H2,22,23,25)/t15-,17+/m1/s1. The molecular formula is C19H23N5O. The van der Waals surface area contributed by atoms with Crippen LogP contribution >= 0.6 is 0 Å². The molecule has 4 rings (SSSR count). The number of carbonyl (C=O) groups is 1. The predicted molar refractivity (Wildman–Crippen MR) is 96.4 cm³/mol. The van der Waals surface area contributed by atoms with Crippen molar-refractivity contribution in [1.82, 2.24) is 20.6 Å². The van der Waals surface area contributed by atoms with E-state index in [9.17, 15) is 4.79 Å². The highest BCUT2D eigenvalue weighted by molar-refractivity contribution is 5.75.